The largest absolute Gasteiger partial charge is 0.283 e. The fraction of sp³-hybridized carbons (Fsp3) is 0.750. The van der Waals surface area contributed by atoms with Crippen molar-refractivity contribution in [2.45, 2.75) is 24.0 Å². The summed E-state index contributed by atoms with van der Waals surface area (Å²) in [7, 11) is 0. The first-order valence-electron chi connectivity index (χ1n) is 4.17. The molecule has 2 aliphatic heterocycles. The Balaban J connectivity index is 1.83. The number of likely N-dealkylation sites (tertiary alicyclic amines) is 1. The summed E-state index contributed by atoms with van der Waals surface area (Å²) >= 11 is 3.91. The molecular weight excluding hydrogens is 174 g/mol. The molecule has 2 heterocycles. The average Bonchev–Trinajstić information content (AvgIpc) is 2.58. The molecule has 0 aromatic heterocycles. The predicted octanol–water partition coefficient (Wildman–Crippen LogP) is 2.71. The zero-order valence-corrected chi connectivity index (χ0v) is 8.16. The zero-order valence-electron chi connectivity index (χ0n) is 6.53. The van der Waals surface area contributed by atoms with Gasteiger partial charge in [0.1, 0.15) is 4.71 Å². The molecule has 0 aliphatic carbocycles. The van der Waals surface area contributed by atoms with E-state index in [-0.39, 0.29) is 0 Å². The molecule has 0 spiro atoms. The fourth-order valence-corrected chi connectivity index (χ4v) is 3.72. The van der Waals surface area contributed by atoms with Crippen LogP contribution in [-0.2, 0) is 0 Å². The molecule has 0 bridgehead atoms. The molecule has 0 saturated carbocycles. The molecule has 0 aromatic rings. The van der Waals surface area contributed by atoms with Crippen molar-refractivity contribution >= 4 is 23.5 Å². The van der Waals surface area contributed by atoms with Gasteiger partial charge in [0.25, 0.3) is 0 Å². The van der Waals surface area contributed by atoms with Gasteiger partial charge in [0.15, 0.2) is 0 Å². The lowest BCUT2D eigenvalue weighted by Gasteiger charge is -2.30. The van der Waals surface area contributed by atoms with Gasteiger partial charge in [-0.05, 0) is 36.7 Å². The van der Waals surface area contributed by atoms with Gasteiger partial charge in [0, 0.05) is 0 Å². The second-order valence-electron chi connectivity index (χ2n) is 2.95. The number of thioether (sulfide) groups is 2. The van der Waals surface area contributed by atoms with E-state index in [0.29, 0.717) is 4.71 Å². The van der Waals surface area contributed by atoms with Gasteiger partial charge in [-0.3, -0.25) is 4.90 Å². The minimum atomic E-state index is 0.704. The third-order valence-corrected chi connectivity index (χ3v) is 4.62. The van der Waals surface area contributed by atoms with Crippen molar-refractivity contribution in [1.29, 1.82) is 0 Å². The second kappa shape index (κ2) is 3.87. The quantitative estimate of drug-likeness (QED) is 0.621. The van der Waals surface area contributed by atoms with Crippen LogP contribution in [-0.4, -0.2) is 22.7 Å². The Bertz CT molecular complexity index is 144. The Kier molecular flexibility index (Phi) is 2.82. The summed E-state index contributed by atoms with van der Waals surface area (Å²) in [6.07, 6.45) is 4.24. The van der Waals surface area contributed by atoms with Gasteiger partial charge in [-0.1, -0.05) is 6.42 Å². The lowest BCUT2D eigenvalue weighted by atomic mass is 10.1. The summed E-state index contributed by atoms with van der Waals surface area (Å²) in [6, 6.07) is 0. The van der Waals surface area contributed by atoms with Crippen LogP contribution in [0.1, 0.15) is 19.3 Å². The molecule has 0 radical (unpaired) electrons. The highest BCUT2D eigenvalue weighted by Gasteiger charge is 2.21. The normalized spacial score (nSPS) is 28.0. The molecule has 0 unspecified atom stereocenters. The van der Waals surface area contributed by atoms with E-state index in [2.05, 4.69) is 15.7 Å². The van der Waals surface area contributed by atoms with Gasteiger partial charge >= 0.3 is 0 Å². The highest BCUT2D eigenvalue weighted by atomic mass is 32.2. The van der Waals surface area contributed by atoms with Crippen LogP contribution < -0.4 is 0 Å². The monoisotopic (exact) mass is 187 g/mol. The number of nitrogens with zero attached hydrogens (tertiary/aromatic N) is 1. The molecule has 0 atom stereocenters. The second-order valence-corrected chi connectivity index (χ2v) is 5.23. The van der Waals surface area contributed by atoms with Gasteiger partial charge in [-0.2, -0.15) is 0 Å². The minimum Gasteiger partial charge on any atom is -0.283 e. The van der Waals surface area contributed by atoms with E-state index in [1.54, 1.807) is 0 Å². The smallest absolute Gasteiger partial charge is 0.111 e. The van der Waals surface area contributed by atoms with Crippen molar-refractivity contribution in [3.8, 4) is 0 Å². The SMILES string of the molecule is C1=CSC(N2CCCCC2)S1. The summed E-state index contributed by atoms with van der Waals surface area (Å²) in [5.74, 6) is 0. The molecule has 2 rings (SSSR count). The van der Waals surface area contributed by atoms with Crippen molar-refractivity contribution in [1.82, 2.24) is 4.90 Å². The molecule has 1 nitrogen and oxygen atoms in total. The fourth-order valence-electron chi connectivity index (χ4n) is 1.53. The Morgan fingerprint density at radius 1 is 1.00 bits per heavy atom. The molecule has 3 heteroatoms. The lowest BCUT2D eigenvalue weighted by Crippen LogP contribution is -2.34. The zero-order chi connectivity index (χ0) is 7.52. The van der Waals surface area contributed by atoms with E-state index in [1.165, 1.54) is 32.4 Å². The Morgan fingerprint density at radius 2 is 1.64 bits per heavy atom. The highest BCUT2D eigenvalue weighted by molar-refractivity contribution is 8.22. The summed E-state index contributed by atoms with van der Waals surface area (Å²) < 4.78 is 0.704. The lowest BCUT2D eigenvalue weighted by molar-refractivity contribution is 0.253. The number of piperidine rings is 1. The first kappa shape index (κ1) is 8.02. The Labute approximate surface area is 76.6 Å². The standard InChI is InChI=1S/C8H13NS2/c1-2-4-9(5-3-1)8-10-6-7-11-8/h6-8H,1-5H2. The van der Waals surface area contributed by atoms with Crippen LogP contribution >= 0.6 is 23.5 Å². The van der Waals surface area contributed by atoms with E-state index >= 15 is 0 Å². The van der Waals surface area contributed by atoms with Crippen LogP contribution in [0, 0.1) is 0 Å². The maximum Gasteiger partial charge on any atom is 0.111 e. The van der Waals surface area contributed by atoms with Gasteiger partial charge in [0.2, 0.25) is 0 Å². The molecular formula is C8H13NS2. The first-order chi connectivity index (χ1) is 5.47. The molecule has 0 N–H and O–H groups in total. The Morgan fingerprint density at radius 3 is 2.27 bits per heavy atom. The van der Waals surface area contributed by atoms with E-state index < -0.39 is 0 Å². The molecule has 1 saturated heterocycles. The summed E-state index contributed by atoms with van der Waals surface area (Å²) in [4.78, 5) is 2.60. The van der Waals surface area contributed by atoms with Crippen LogP contribution in [0.3, 0.4) is 0 Å². The van der Waals surface area contributed by atoms with Crippen molar-refractivity contribution < 1.29 is 0 Å². The number of rotatable bonds is 1. The highest BCUT2D eigenvalue weighted by Crippen LogP contribution is 2.36. The van der Waals surface area contributed by atoms with Crippen LogP contribution in [0.25, 0.3) is 0 Å². The van der Waals surface area contributed by atoms with Crippen LogP contribution in [0.2, 0.25) is 0 Å². The van der Waals surface area contributed by atoms with Crippen molar-refractivity contribution in [2.24, 2.45) is 0 Å². The van der Waals surface area contributed by atoms with Gasteiger partial charge in [0.05, 0.1) is 0 Å². The first-order valence-corrected chi connectivity index (χ1v) is 6.05. The maximum absolute atomic E-state index is 2.60. The van der Waals surface area contributed by atoms with Gasteiger partial charge in [-0.15, -0.1) is 23.5 Å². The number of hydrogen-bond acceptors (Lipinski definition) is 3. The molecule has 0 amide bonds. The summed E-state index contributed by atoms with van der Waals surface area (Å²) in [6.45, 7) is 2.62. The molecule has 11 heavy (non-hydrogen) atoms. The average molecular weight is 187 g/mol. The van der Waals surface area contributed by atoms with E-state index in [4.69, 9.17) is 0 Å². The van der Waals surface area contributed by atoms with Crippen LogP contribution in [0.15, 0.2) is 10.8 Å². The van der Waals surface area contributed by atoms with Crippen LogP contribution in [0.5, 0.6) is 0 Å². The van der Waals surface area contributed by atoms with Crippen molar-refractivity contribution in [3.05, 3.63) is 10.8 Å². The van der Waals surface area contributed by atoms with E-state index in [0.717, 1.165) is 0 Å². The topological polar surface area (TPSA) is 3.24 Å². The van der Waals surface area contributed by atoms with E-state index in [9.17, 15) is 0 Å². The van der Waals surface area contributed by atoms with Crippen LogP contribution in [0.4, 0.5) is 0 Å². The van der Waals surface area contributed by atoms with Crippen molar-refractivity contribution in [2.75, 3.05) is 13.1 Å². The van der Waals surface area contributed by atoms with Crippen molar-refractivity contribution in [3.63, 3.8) is 0 Å². The van der Waals surface area contributed by atoms with E-state index in [1.807, 2.05) is 23.5 Å². The predicted molar refractivity (Wildman–Crippen MR) is 53.5 cm³/mol. The maximum atomic E-state index is 2.60. The number of hydrogen-bond donors (Lipinski definition) is 0. The summed E-state index contributed by atoms with van der Waals surface area (Å²) in [5, 5.41) is 4.42. The molecule has 0 aromatic carbocycles. The molecule has 2 aliphatic rings. The minimum absolute atomic E-state index is 0.704. The third-order valence-electron chi connectivity index (χ3n) is 2.13. The van der Waals surface area contributed by atoms with Gasteiger partial charge in [-0.25, -0.2) is 0 Å². The molecule has 1 fully saturated rings. The molecule has 62 valence electrons. The van der Waals surface area contributed by atoms with Gasteiger partial charge < -0.3 is 0 Å². The summed E-state index contributed by atoms with van der Waals surface area (Å²) in [5.41, 5.74) is 0. The third kappa shape index (κ3) is 1.95. The Hall–Kier alpha value is 0.400.